The third-order valence-electron chi connectivity index (χ3n) is 4.78. The van der Waals surface area contributed by atoms with Gasteiger partial charge in [-0.3, -0.25) is 4.79 Å². The lowest BCUT2D eigenvalue weighted by Gasteiger charge is -2.09. The Morgan fingerprint density at radius 2 is 1.54 bits per heavy atom. The predicted molar refractivity (Wildman–Crippen MR) is 130 cm³/mol. The van der Waals surface area contributed by atoms with Gasteiger partial charge >= 0.3 is 17.9 Å². The number of amides is 1. The Hall–Kier alpha value is -3.92. The minimum absolute atomic E-state index is 0.0548. The van der Waals surface area contributed by atoms with Gasteiger partial charge in [-0.05, 0) is 49.2 Å². The Bertz CT molecular complexity index is 1250. The summed E-state index contributed by atoms with van der Waals surface area (Å²) in [7, 11) is 0. The number of carbonyl (C=O) groups is 4. The Labute approximate surface area is 205 Å². The van der Waals surface area contributed by atoms with Gasteiger partial charge in [-0.15, -0.1) is 11.3 Å². The molecule has 184 valence electrons. The van der Waals surface area contributed by atoms with E-state index in [9.17, 15) is 19.2 Å². The molecule has 0 saturated carbocycles. The summed E-state index contributed by atoms with van der Waals surface area (Å²) >= 11 is 0.887. The molecule has 9 nitrogen and oxygen atoms in total. The van der Waals surface area contributed by atoms with Gasteiger partial charge in [-0.25, -0.2) is 14.4 Å². The quantitative estimate of drug-likeness (QED) is 0.327. The number of benzene rings is 2. The van der Waals surface area contributed by atoms with Crippen molar-refractivity contribution in [1.29, 1.82) is 0 Å². The molecule has 0 spiro atoms. The van der Waals surface area contributed by atoms with Crippen LogP contribution in [0.2, 0.25) is 0 Å². The number of esters is 3. The van der Waals surface area contributed by atoms with E-state index in [0.29, 0.717) is 11.3 Å². The Morgan fingerprint density at radius 1 is 0.857 bits per heavy atom. The van der Waals surface area contributed by atoms with Gasteiger partial charge in [-0.2, -0.15) is 0 Å². The lowest BCUT2D eigenvalue weighted by Crippen LogP contribution is -2.24. The zero-order chi connectivity index (χ0) is 25.4. The van der Waals surface area contributed by atoms with Gasteiger partial charge in [0.25, 0.3) is 5.91 Å². The van der Waals surface area contributed by atoms with Gasteiger partial charge in [0.05, 0.1) is 18.8 Å². The average Bonchev–Trinajstić information content (AvgIpc) is 3.17. The van der Waals surface area contributed by atoms with E-state index in [4.69, 9.17) is 18.9 Å². The van der Waals surface area contributed by atoms with Crippen molar-refractivity contribution in [3.05, 3.63) is 58.5 Å². The molecule has 35 heavy (non-hydrogen) atoms. The Balaban J connectivity index is 1.59. The van der Waals surface area contributed by atoms with E-state index < -0.39 is 30.4 Å². The maximum absolute atomic E-state index is 12.4. The van der Waals surface area contributed by atoms with E-state index >= 15 is 0 Å². The molecule has 0 aliphatic rings. The molecule has 0 atom stereocenters. The van der Waals surface area contributed by atoms with Crippen LogP contribution in [-0.2, 0) is 23.8 Å². The van der Waals surface area contributed by atoms with Crippen molar-refractivity contribution in [2.45, 2.75) is 20.8 Å². The van der Waals surface area contributed by atoms with E-state index in [1.54, 1.807) is 32.9 Å². The van der Waals surface area contributed by atoms with E-state index in [-0.39, 0.29) is 35.3 Å². The molecule has 1 amide bonds. The minimum atomic E-state index is -0.742. The molecule has 0 radical (unpaired) electrons. The molecule has 3 rings (SSSR count). The number of rotatable bonds is 10. The van der Waals surface area contributed by atoms with Crippen LogP contribution in [0.3, 0.4) is 0 Å². The fourth-order valence-electron chi connectivity index (χ4n) is 3.19. The number of hydrogen-bond acceptors (Lipinski definition) is 9. The van der Waals surface area contributed by atoms with Crippen molar-refractivity contribution in [1.82, 2.24) is 0 Å². The maximum Gasteiger partial charge on any atom is 0.348 e. The molecule has 0 saturated heterocycles. The summed E-state index contributed by atoms with van der Waals surface area (Å²) in [5.74, 6) is -2.24. The first-order valence-electron chi connectivity index (χ1n) is 10.9. The van der Waals surface area contributed by atoms with Crippen LogP contribution in [0.5, 0.6) is 5.75 Å². The second-order valence-corrected chi connectivity index (χ2v) is 8.23. The zero-order valence-corrected chi connectivity index (χ0v) is 20.4. The summed E-state index contributed by atoms with van der Waals surface area (Å²) in [5, 5.41) is 4.62. The number of ether oxygens (including phenoxy) is 4. The summed E-state index contributed by atoms with van der Waals surface area (Å²) in [6, 6.07) is 13.1. The highest BCUT2D eigenvalue weighted by Gasteiger charge is 2.27. The number of carbonyl (C=O) groups excluding carboxylic acids is 4. The smallest absolute Gasteiger partial charge is 0.348 e. The van der Waals surface area contributed by atoms with Crippen LogP contribution < -0.4 is 10.1 Å². The lowest BCUT2D eigenvalue weighted by molar-refractivity contribution is -0.149. The Kier molecular flexibility index (Phi) is 8.80. The Morgan fingerprint density at radius 3 is 2.26 bits per heavy atom. The fourth-order valence-corrected chi connectivity index (χ4v) is 4.30. The second kappa shape index (κ2) is 12.0. The van der Waals surface area contributed by atoms with Crippen molar-refractivity contribution in [2.24, 2.45) is 0 Å². The SMILES string of the molecule is CCOC(=O)c1sc(NC(=O)COC(=O)COc2ccc3ccccc3c2)c(C(=O)OCC)c1C. The van der Waals surface area contributed by atoms with Gasteiger partial charge in [0.2, 0.25) is 0 Å². The van der Waals surface area contributed by atoms with Crippen molar-refractivity contribution in [3.8, 4) is 5.75 Å². The van der Waals surface area contributed by atoms with Crippen molar-refractivity contribution in [2.75, 3.05) is 31.7 Å². The standard InChI is InChI=1S/C25H25NO8S/c1-4-31-24(29)21-15(3)22(25(30)32-5-2)35-23(21)26-19(27)13-34-20(28)14-33-18-11-10-16-8-6-7-9-17(16)12-18/h6-12H,4-5,13-14H2,1-3H3,(H,26,27). The highest BCUT2D eigenvalue weighted by molar-refractivity contribution is 7.18. The highest BCUT2D eigenvalue weighted by Crippen LogP contribution is 2.34. The second-order valence-electron chi connectivity index (χ2n) is 7.21. The zero-order valence-electron chi connectivity index (χ0n) is 19.5. The van der Waals surface area contributed by atoms with Gasteiger partial charge in [0, 0.05) is 0 Å². The first kappa shape index (κ1) is 25.7. The van der Waals surface area contributed by atoms with Gasteiger partial charge < -0.3 is 24.3 Å². The van der Waals surface area contributed by atoms with Crippen molar-refractivity contribution < 1.29 is 38.1 Å². The molecule has 0 aliphatic heterocycles. The van der Waals surface area contributed by atoms with Crippen LogP contribution in [0.4, 0.5) is 5.00 Å². The fraction of sp³-hybridized carbons (Fsp3) is 0.280. The average molecular weight is 500 g/mol. The summed E-state index contributed by atoms with van der Waals surface area (Å²) in [5.41, 5.74) is 0.391. The first-order valence-corrected chi connectivity index (χ1v) is 11.7. The van der Waals surface area contributed by atoms with Crippen LogP contribution in [0.15, 0.2) is 42.5 Å². The van der Waals surface area contributed by atoms with Gasteiger partial charge in [0.15, 0.2) is 13.2 Å². The minimum Gasteiger partial charge on any atom is -0.482 e. The summed E-state index contributed by atoms with van der Waals surface area (Å²) in [4.78, 5) is 49.2. The normalized spacial score (nSPS) is 10.5. The molecule has 0 aliphatic carbocycles. The van der Waals surface area contributed by atoms with Crippen LogP contribution in [0, 0.1) is 6.92 Å². The highest BCUT2D eigenvalue weighted by atomic mass is 32.1. The molecular weight excluding hydrogens is 474 g/mol. The van der Waals surface area contributed by atoms with E-state index in [1.165, 1.54) is 0 Å². The largest absolute Gasteiger partial charge is 0.482 e. The van der Waals surface area contributed by atoms with Crippen LogP contribution in [0.1, 0.15) is 39.4 Å². The molecule has 2 aromatic carbocycles. The maximum atomic E-state index is 12.4. The molecule has 10 heteroatoms. The van der Waals surface area contributed by atoms with E-state index in [0.717, 1.165) is 22.1 Å². The third kappa shape index (κ3) is 6.57. The summed E-state index contributed by atoms with van der Waals surface area (Å²) in [6.07, 6.45) is 0. The van der Waals surface area contributed by atoms with Crippen molar-refractivity contribution in [3.63, 3.8) is 0 Å². The number of thiophene rings is 1. The third-order valence-corrected chi connectivity index (χ3v) is 5.97. The van der Waals surface area contributed by atoms with Crippen LogP contribution in [-0.4, -0.2) is 50.2 Å². The number of nitrogens with one attached hydrogen (secondary N) is 1. The summed E-state index contributed by atoms with van der Waals surface area (Å²) < 4.78 is 20.5. The molecular formula is C25H25NO8S. The van der Waals surface area contributed by atoms with E-state index in [2.05, 4.69) is 5.32 Å². The first-order chi connectivity index (χ1) is 16.8. The molecule has 3 aromatic rings. The van der Waals surface area contributed by atoms with E-state index in [1.807, 2.05) is 30.3 Å². The number of hydrogen-bond donors (Lipinski definition) is 1. The van der Waals surface area contributed by atoms with Crippen LogP contribution in [0.25, 0.3) is 10.8 Å². The van der Waals surface area contributed by atoms with Crippen molar-refractivity contribution >= 4 is 50.9 Å². The monoisotopic (exact) mass is 499 g/mol. The van der Waals surface area contributed by atoms with Gasteiger partial charge in [0.1, 0.15) is 15.6 Å². The molecule has 1 heterocycles. The topological polar surface area (TPSA) is 117 Å². The number of anilines is 1. The van der Waals surface area contributed by atoms with Crippen LogP contribution >= 0.6 is 11.3 Å². The summed E-state index contributed by atoms with van der Waals surface area (Å²) in [6.45, 7) is 4.15. The lowest BCUT2D eigenvalue weighted by atomic mass is 10.1. The molecule has 1 N–H and O–H groups in total. The predicted octanol–water partition coefficient (Wildman–Crippen LogP) is 4.12. The molecule has 0 unspecified atom stereocenters. The molecule has 0 bridgehead atoms. The molecule has 0 fully saturated rings. The number of fused-ring (bicyclic) bond motifs is 1. The van der Waals surface area contributed by atoms with Gasteiger partial charge in [-0.1, -0.05) is 30.3 Å². The molecule has 1 aromatic heterocycles.